The van der Waals surface area contributed by atoms with E-state index in [1.807, 2.05) is 0 Å². The lowest BCUT2D eigenvalue weighted by Gasteiger charge is -2.00. The molecule has 1 fully saturated rings. The van der Waals surface area contributed by atoms with E-state index in [9.17, 15) is 0 Å². The Balaban J connectivity index is 2.22. The van der Waals surface area contributed by atoms with Crippen molar-refractivity contribution in [3.8, 4) is 0 Å². The summed E-state index contributed by atoms with van der Waals surface area (Å²) in [6.07, 6.45) is 4.36. The van der Waals surface area contributed by atoms with Crippen LogP contribution in [0.5, 0.6) is 0 Å². The third-order valence-corrected chi connectivity index (χ3v) is 2.94. The van der Waals surface area contributed by atoms with Crippen LogP contribution in [-0.2, 0) is 0 Å². The van der Waals surface area contributed by atoms with E-state index in [-0.39, 0.29) is 0 Å². The van der Waals surface area contributed by atoms with Crippen LogP contribution in [0.4, 0.5) is 0 Å². The Bertz CT molecular complexity index is 70.8. The first-order chi connectivity index (χ1) is 3.83. The van der Waals surface area contributed by atoms with Crippen LogP contribution in [-0.4, -0.2) is 5.33 Å². The fourth-order valence-electron chi connectivity index (χ4n) is 1.47. The van der Waals surface area contributed by atoms with E-state index in [1.54, 1.807) is 0 Å². The maximum Gasteiger partial charge on any atom is 0.00597 e. The minimum atomic E-state index is 0.991. The van der Waals surface area contributed by atoms with Gasteiger partial charge in [0.25, 0.3) is 0 Å². The van der Waals surface area contributed by atoms with Gasteiger partial charge in [-0.2, -0.15) is 0 Å². The molecule has 0 aromatic carbocycles. The average Bonchev–Trinajstić information content (AvgIpc) is 2.14. The first-order valence-corrected chi connectivity index (χ1v) is 4.51. The summed E-state index contributed by atoms with van der Waals surface area (Å²) in [5, 5.41) is 1.22. The normalized spacial score (nSPS) is 38.2. The summed E-state index contributed by atoms with van der Waals surface area (Å²) >= 11 is 3.50. The first-order valence-electron chi connectivity index (χ1n) is 3.39. The highest BCUT2D eigenvalue weighted by Gasteiger charge is 2.19. The summed E-state index contributed by atoms with van der Waals surface area (Å²) in [6, 6.07) is 0. The van der Waals surface area contributed by atoms with Crippen LogP contribution in [0.15, 0.2) is 0 Å². The molecule has 0 aliphatic heterocycles. The topological polar surface area (TPSA) is 0 Å². The lowest BCUT2D eigenvalue weighted by atomic mass is 10.1. The molecule has 0 nitrogen and oxygen atoms in total. The van der Waals surface area contributed by atoms with Gasteiger partial charge < -0.3 is 0 Å². The molecule has 0 spiro atoms. The van der Waals surface area contributed by atoms with Crippen molar-refractivity contribution < 1.29 is 0 Å². The van der Waals surface area contributed by atoms with E-state index in [0.717, 1.165) is 11.8 Å². The van der Waals surface area contributed by atoms with E-state index in [4.69, 9.17) is 0 Å². The molecule has 0 aromatic rings. The molecule has 0 aromatic heterocycles. The van der Waals surface area contributed by atoms with Crippen molar-refractivity contribution >= 4 is 15.9 Å². The van der Waals surface area contributed by atoms with Crippen LogP contribution in [0.25, 0.3) is 0 Å². The predicted molar refractivity (Wildman–Crippen MR) is 40.3 cm³/mol. The van der Waals surface area contributed by atoms with Crippen molar-refractivity contribution in [2.45, 2.75) is 26.2 Å². The SMILES string of the molecule is CC1CCC(CBr)C1. The van der Waals surface area contributed by atoms with Gasteiger partial charge in [-0.25, -0.2) is 0 Å². The molecular formula is C7H13Br. The van der Waals surface area contributed by atoms with Gasteiger partial charge in [-0.05, 0) is 24.7 Å². The van der Waals surface area contributed by atoms with Crippen molar-refractivity contribution in [2.75, 3.05) is 5.33 Å². The first kappa shape index (κ1) is 6.60. The van der Waals surface area contributed by atoms with Crippen molar-refractivity contribution in [3.63, 3.8) is 0 Å². The maximum absolute atomic E-state index is 3.50. The molecule has 2 atom stereocenters. The van der Waals surface area contributed by atoms with Crippen LogP contribution in [0.3, 0.4) is 0 Å². The lowest BCUT2D eigenvalue weighted by molar-refractivity contribution is 0.563. The number of halogens is 1. The third-order valence-electron chi connectivity index (χ3n) is 2.02. The molecule has 1 heteroatoms. The van der Waals surface area contributed by atoms with Gasteiger partial charge in [0, 0.05) is 5.33 Å². The molecule has 0 amide bonds. The van der Waals surface area contributed by atoms with Gasteiger partial charge >= 0.3 is 0 Å². The van der Waals surface area contributed by atoms with Crippen LogP contribution >= 0.6 is 15.9 Å². The molecule has 0 radical (unpaired) electrons. The Morgan fingerprint density at radius 2 is 2.25 bits per heavy atom. The van der Waals surface area contributed by atoms with E-state index < -0.39 is 0 Å². The Morgan fingerprint density at radius 3 is 2.50 bits per heavy atom. The molecule has 0 bridgehead atoms. The number of hydrogen-bond acceptors (Lipinski definition) is 0. The second kappa shape index (κ2) is 2.86. The number of hydrogen-bond donors (Lipinski definition) is 0. The Kier molecular flexibility index (Phi) is 2.36. The zero-order valence-corrected chi connectivity index (χ0v) is 6.95. The summed E-state index contributed by atoms with van der Waals surface area (Å²) in [5.41, 5.74) is 0. The quantitative estimate of drug-likeness (QED) is 0.540. The standard InChI is InChI=1S/C7H13Br/c1-6-2-3-7(4-6)5-8/h6-7H,2-5H2,1H3. The van der Waals surface area contributed by atoms with Crippen molar-refractivity contribution in [1.29, 1.82) is 0 Å². The van der Waals surface area contributed by atoms with Gasteiger partial charge in [-0.1, -0.05) is 29.3 Å². The Morgan fingerprint density at radius 1 is 1.50 bits per heavy atom. The maximum atomic E-state index is 3.50. The fourth-order valence-corrected chi connectivity index (χ4v) is 2.05. The summed E-state index contributed by atoms with van der Waals surface area (Å²) in [7, 11) is 0. The smallest absolute Gasteiger partial charge is 0.00597 e. The summed E-state index contributed by atoms with van der Waals surface area (Å²) < 4.78 is 0. The molecule has 0 heterocycles. The zero-order chi connectivity index (χ0) is 5.98. The Hall–Kier alpha value is 0.480. The predicted octanol–water partition coefficient (Wildman–Crippen LogP) is 2.82. The molecule has 1 saturated carbocycles. The minimum Gasteiger partial charge on any atom is -0.0925 e. The zero-order valence-electron chi connectivity index (χ0n) is 5.36. The van der Waals surface area contributed by atoms with E-state index in [0.29, 0.717) is 0 Å². The van der Waals surface area contributed by atoms with Gasteiger partial charge in [0.05, 0.1) is 0 Å². The summed E-state index contributed by atoms with van der Waals surface area (Å²) in [6.45, 7) is 2.35. The minimum absolute atomic E-state index is 0.991. The molecular weight excluding hydrogens is 164 g/mol. The molecule has 1 aliphatic carbocycles. The van der Waals surface area contributed by atoms with Gasteiger partial charge in [-0.15, -0.1) is 0 Å². The average molecular weight is 177 g/mol. The largest absolute Gasteiger partial charge is 0.0925 e. The number of rotatable bonds is 1. The fraction of sp³-hybridized carbons (Fsp3) is 1.00. The van der Waals surface area contributed by atoms with Gasteiger partial charge in [0.15, 0.2) is 0 Å². The second-order valence-electron chi connectivity index (χ2n) is 2.94. The molecule has 0 saturated heterocycles. The van der Waals surface area contributed by atoms with Gasteiger partial charge in [0.1, 0.15) is 0 Å². The van der Waals surface area contributed by atoms with Crippen LogP contribution in [0.1, 0.15) is 26.2 Å². The highest BCUT2D eigenvalue weighted by Crippen LogP contribution is 2.30. The van der Waals surface area contributed by atoms with Crippen molar-refractivity contribution in [1.82, 2.24) is 0 Å². The highest BCUT2D eigenvalue weighted by atomic mass is 79.9. The van der Waals surface area contributed by atoms with E-state index in [1.165, 1.54) is 24.6 Å². The van der Waals surface area contributed by atoms with Crippen molar-refractivity contribution in [3.05, 3.63) is 0 Å². The van der Waals surface area contributed by atoms with Crippen LogP contribution in [0, 0.1) is 11.8 Å². The highest BCUT2D eigenvalue weighted by molar-refractivity contribution is 9.09. The van der Waals surface area contributed by atoms with Crippen LogP contribution < -0.4 is 0 Å². The Labute approximate surface area is 59.8 Å². The molecule has 0 N–H and O–H groups in total. The molecule has 8 heavy (non-hydrogen) atoms. The van der Waals surface area contributed by atoms with E-state index in [2.05, 4.69) is 22.9 Å². The lowest BCUT2D eigenvalue weighted by Crippen LogP contribution is -1.93. The van der Waals surface area contributed by atoms with E-state index >= 15 is 0 Å². The molecule has 48 valence electrons. The molecule has 1 rings (SSSR count). The third kappa shape index (κ3) is 1.48. The van der Waals surface area contributed by atoms with Crippen molar-refractivity contribution in [2.24, 2.45) is 11.8 Å². The second-order valence-corrected chi connectivity index (χ2v) is 3.59. The summed E-state index contributed by atoms with van der Waals surface area (Å²) in [4.78, 5) is 0. The molecule has 2 unspecified atom stereocenters. The number of alkyl halides is 1. The summed E-state index contributed by atoms with van der Waals surface area (Å²) in [5.74, 6) is 1.99. The monoisotopic (exact) mass is 176 g/mol. The van der Waals surface area contributed by atoms with Crippen LogP contribution in [0.2, 0.25) is 0 Å². The van der Waals surface area contributed by atoms with Gasteiger partial charge in [-0.3, -0.25) is 0 Å². The molecule has 1 aliphatic rings. The van der Waals surface area contributed by atoms with Gasteiger partial charge in [0.2, 0.25) is 0 Å².